The Balaban J connectivity index is 2.02. The maximum Gasteiger partial charge on any atom is 0.253 e. The largest absolute Gasteiger partial charge is 0.383 e. The zero-order valence-corrected chi connectivity index (χ0v) is 12.8. The van der Waals surface area contributed by atoms with Crippen molar-refractivity contribution in [2.45, 2.75) is 18.0 Å². The number of methoxy groups -OCH3 is 1. The quantitative estimate of drug-likeness (QED) is 0.778. The molecule has 0 aromatic heterocycles. The van der Waals surface area contributed by atoms with Gasteiger partial charge in [0, 0.05) is 26.3 Å². The molecule has 0 spiro atoms. The van der Waals surface area contributed by atoms with Gasteiger partial charge in [0.2, 0.25) is 0 Å². The lowest BCUT2D eigenvalue weighted by Gasteiger charge is -2.20. The number of fused-ring (bicyclic) bond motifs is 1. The number of hydrogen-bond acceptors (Lipinski definition) is 3. The first kappa shape index (κ1) is 14.5. The Bertz CT molecular complexity index is 464. The SMILES string of the molecule is COCC(Br)CN(C)C(=O)c1ccc2c(c1)COC2. The molecule has 0 N–H and O–H groups in total. The van der Waals surface area contributed by atoms with Crippen LogP contribution in [0.25, 0.3) is 0 Å². The zero-order chi connectivity index (χ0) is 13.8. The maximum absolute atomic E-state index is 12.3. The molecule has 1 aromatic rings. The van der Waals surface area contributed by atoms with E-state index < -0.39 is 0 Å². The monoisotopic (exact) mass is 327 g/mol. The summed E-state index contributed by atoms with van der Waals surface area (Å²) in [4.78, 5) is 14.2. The molecule has 4 nitrogen and oxygen atoms in total. The van der Waals surface area contributed by atoms with Gasteiger partial charge in [0.1, 0.15) is 0 Å². The van der Waals surface area contributed by atoms with E-state index in [4.69, 9.17) is 9.47 Å². The van der Waals surface area contributed by atoms with Gasteiger partial charge < -0.3 is 14.4 Å². The average Bonchev–Trinajstić information content (AvgIpc) is 2.85. The van der Waals surface area contributed by atoms with Crippen LogP contribution in [0.5, 0.6) is 0 Å². The minimum absolute atomic E-state index is 0.0234. The Morgan fingerprint density at radius 3 is 2.95 bits per heavy atom. The standard InChI is InChI=1S/C14H18BrNO3/c1-16(6-13(15)9-18-2)14(17)10-3-4-11-7-19-8-12(11)5-10/h3-5,13H,6-9H2,1-2H3. The Labute approximate surface area is 121 Å². The Hall–Kier alpha value is -0.910. The highest BCUT2D eigenvalue weighted by Gasteiger charge is 2.18. The van der Waals surface area contributed by atoms with Gasteiger partial charge in [0.15, 0.2) is 0 Å². The molecule has 5 heteroatoms. The highest BCUT2D eigenvalue weighted by molar-refractivity contribution is 9.09. The summed E-state index contributed by atoms with van der Waals surface area (Å²) in [6.45, 7) is 2.44. The van der Waals surface area contributed by atoms with Gasteiger partial charge in [0.25, 0.3) is 5.91 Å². The number of halogens is 1. The van der Waals surface area contributed by atoms with E-state index in [-0.39, 0.29) is 10.7 Å². The maximum atomic E-state index is 12.3. The molecule has 1 unspecified atom stereocenters. The third kappa shape index (κ3) is 3.55. The third-order valence-electron chi connectivity index (χ3n) is 3.13. The van der Waals surface area contributed by atoms with Crippen LogP contribution in [-0.2, 0) is 22.7 Å². The first-order valence-corrected chi connectivity index (χ1v) is 7.11. The number of nitrogens with zero attached hydrogens (tertiary/aromatic N) is 1. The van der Waals surface area contributed by atoms with Gasteiger partial charge in [-0.15, -0.1) is 0 Å². The summed E-state index contributed by atoms with van der Waals surface area (Å²) >= 11 is 3.49. The summed E-state index contributed by atoms with van der Waals surface area (Å²) in [5.41, 5.74) is 3.01. The van der Waals surface area contributed by atoms with Crippen LogP contribution in [0.1, 0.15) is 21.5 Å². The molecule has 0 saturated heterocycles. The number of carbonyl (C=O) groups is 1. The van der Waals surface area contributed by atoms with Crippen LogP contribution in [0.4, 0.5) is 0 Å². The molecule has 2 rings (SSSR count). The molecular formula is C14H18BrNO3. The van der Waals surface area contributed by atoms with Crippen LogP contribution in [0.2, 0.25) is 0 Å². The normalized spacial score (nSPS) is 15.1. The van der Waals surface area contributed by atoms with Crippen LogP contribution >= 0.6 is 15.9 Å². The fraction of sp³-hybridized carbons (Fsp3) is 0.500. The predicted octanol–water partition coefficient (Wildman–Crippen LogP) is 2.20. The van der Waals surface area contributed by atoms with Crippen molar-refractivity contribution >= 4 is 21.8 Å². The van der Waals surface area contributed by atoms with Gasteiger partial charge in [-0.05, 0) is 23.3 Å². The number of alkyl halides is 1. The fourth-order valence-electron chi connectivity index (χ4n) is 2.14. The topological polar surface area (TPSA) is 38.8 Å². The van der Waals surface area contributed by atoms with Crippen LogP contribution < -0.4 is 0 Å². The van der Waals surface area contributed by atoms with Gasteiger partial charge in [-0.25, -0.2) is 0 Å². The van der Waals surface area contributed by atoms with Crippen LogP contribution in [-0.4, -0.2) is 42.9 Å². The molecule has 0 saturated carbocycles. The van der Waals surface area contributed by atoms with E-state index >= 15 is 0 Å². The van der Waals surface area contributed by atoms with Crippen molar-refractivity contribution in [1.82, 2.24) is 4.90 Å². The van der Waals surface area contributed by atoms with E-state index in [2.05, 4.69) is 15.9 Å². The molecule has 1 aromatic carbocycles. The molecule has 1 aliphatic rings. The van der Waals surface area contributed by atoms with Crippen molar-refractivity contribution in [3.63, 3.8) is 0 Å². The molecule has 1 amide bonds. The highest BCUT2D eigenvalue weighted by Crippen LogP contribution is 2.21. The lowest BCUT2D eigenvalue weighted by molar-refractivity contribution is 0.0784. The lowest BCUT2D eigenvalue weighted by Crippen LogP contribution is -2.33. The molecule has 1 aliphatic heterocycles. The van der Waals surface area contributed by atoms with E-state index in [0.29, 0.717) is 31.9 Å². The second-order valence-electron chi connectivity index (χ2n) is 4.71. The molecule has 19 heavy (non-hydrogen) atoms. The fourth-order valence-corrected chi connectivity index (χ4v) is 2.84. The molecule has 0 radical (unpaired) electrons. The molecule has 0 aliphatic carbocycles. The van der Waals surface area contributed by atoms with Gasteiger partial charge in [-0.3, -0.25) is 4.79 Å². The second kappa shape index (κ2) is 6.50. The van der Waals surface area contributed by atoms with Crippen LogP contribution in [0, 0.1) is 0 Å². The smallest absolute Gasteiger partial charge is 0.253 e. The summed E-state index contributed by atoms with van der Waals surface area (Å²) < 4.78 is 10.4. The number of ether oxygens (including phenoxy) is 2. The van der Waals surface area contributed by atoms with E-state index in [9.17, 15) is 4.79 Å². The van der Waals surface area contributed by atoms with E-state index in [1.807, 2.05) is 18.2 Å². The Morgan fingerprint density at radius 1 is 1.47 bits per heavy atom. The number of amides is 1. The molecule has 1 atom stereocenters. The van der Waals surface area contributed by atoms with Crippen molar-refractivity contribution in [2.24, 2.45) is 0 Å². The molecule has 1 heterocycles. The average molecular weight is 328 g/mol. The first-order valence-electron chi connectivity index (χ1n) is 6.20. The number of hydrogen-bond donors (Lipinski definition) is 0. The van der Waals surface area contributed by atoms with Crippen molar-refractivity contribution in [2.75, 3.05) is 27.3 Å². The van der Waals surface area contributed by atoms with Crippen molar-refractivity contribution in [3.05, 3.63) is 34.9 Å². The van der Waals surface area contributed by atoms with Gasteiger partial charge in [-0.1, -0.05) is 22.0 Å². The highest BCUT2D eigenvalue weighted by atomic mass is 79.9. The van der Waals surface area contributed by atoms with E-state index in [1.54, 1.807) is 19.1 Å². The molecule has 0 bridgehead atoms. The molecule has 104 valence electrons. The first-order chi connectivity index (χ1) is 9.11. The van der Waals surface area contributed by atoms with Crippen LogP contribution in [0.15, 0.2) is 18.2 Å². The van der Waals surface area contributed by atoms with Gasteiger partial charge in [-0.2, -0.15) is 0 Å². The lowest BCUT2D eigenvalue weighted by atomic mass is 10.1. The minimum atomic E-state index is 0.0234. The molecular weight excluding hydrogens is 310 g/mol. The van der Waals surface area contributed by atoms with E-state index in [0.717, 1.165) is 5.56 Å². The van der Waals surface area contributed by atoms with Gasteiger partial charge in [0.05, 0.1) is 24.6 Å². The third-order valence-corrected chi connectivity index (χ3v) is 3.69. The number of rotatable bonds is 5. The summed E-state index contributed by atoms with van der Waals surface area (Å²) in [5.74, 6) is 0.0234. The summed E-state index contributed by atoms with van der Waals surface area (Å²) in [6, 6.07) is 5.77. The predicted molar refractivity (Wildman–Crippen MR) is 76.5 cm³/mol. The van der Waals surface area contributed by atoms with Crippen molar-refractivity contribution in [1.29, 1.82) is 0 Å². The van der Waals surface area contributed by atoms with Crippen molar-refractivity contribution < 1.29 is 14.3 Å². The van der Waals surface area contributed by atoms with Crippen LogP contribution in [0.3, 0.4) is 0 Å². The van der Waals surface area contributed by atoms with Gasteiger partial charge >= 0.3 is 0 Å². The number of carbonyl (C=O) groups excluding carboxylic acids is 1. The Morgan fingerprint density at radius 2 is 2.21 bits per heavy atom. The Kier molecular flexibility index (Phi) is 4.96. The minimum Gasteiger partial charge on any atom is -0.383 e. The summed E-state index contributed by atoms with van der Waals surface area (Å²) in [6.07, 6.45) is 0. The van der Waals surface area contributed by atoms with Crippen molar-refractivity contribution in [3.8, 4) is 0 Å². The number of benzene rings is 1. The summed E-state index contributed by atoms with van der Waals surface area (Å²) in [5, 5.41) is 0. The van der Waals surface area contributed by atoms with E-state index in [1.165, 1.54) is 5.56 Å². The molecule has 0 fully saturated rings. The second-order valence-corrected chi connectivity index (χ2v) is 6.01. The summed E-state index contributed by atoms with van der Waals surface area (Å²) in [7, 11) is 3.45. The zero-order valence-electron chi connectivity index (χ0n) is 11.2.